The van der Waals surface area contributed by atoms with Gasteiger partial charge in [-0.3, -0.25) is 4.79 Å². The van der Waals surface area contributed by atoms with Crippen LogP contribution in [0.15, 0.2) is 22.7 Å². The van der Waals surface area contributed by atoms with Crippen LogP contribution >= 0.6 is 27.3 Å². The van der Waals surface area contributed by atoms with Gasteiger partial charge in [-0.25, -0.2) is 8.78 Å². The van der Waals surface area contributed by atoms with Gasteiger partial charge in [-0.1, -0.05) is 22.0 Å². The van der Waals surface area contributed by atoms with Gasteiger partial charge in [0.1, 0.15) is 4.88 Å². The minimum Gasteiger partial charge on any atom is -0.397 e. The number of alkyl halides is 2. The lowest BCUT2D eigenvalue weighted by molar-refractivity contribution is 0.0896. The van der Waals surface area contributed by atoms with E-state index in [2.05, 4.69) is 21.2 Å². The second-order valence-corrected chi connectivity index (χ2v) is 5.55. The number of carbonyl (C=O) groups excluding carboxylic acids is 1. The molecule has 2 aromatic rings. The molecule has 0 saturated carbocycles. The maximum absolute atomic E-state index is 12.0. The number of anilines is 1. The summed E-state index contributed by atoms with van der Waals surface area (Å²) in [4.78, 5) is 12.0. The molecule has 1 amide bonds. The Morgan fingerprint density at radius 3 is 2.89 bits per heavy atom. The molecule has 0 spiro atoms. The highest BCUT2D eigenvalue weighted by molar-refractivity contribution is 9.10. The molecule has 18 heavy (non-hydrogen) atoms. The van der Waals surface area contributed by atoms with Gasteiger partial charge in [0.2, 0.25) is 0 Å². The molecule has 0 aliphatic heterocycles. The number of thiophene rings is 1. The maximum Gasteiger partial charge on any atom is 0.263 e. The number of nitrogens with two attached hydrogens (primary N) is 1. The summed E-state index contributed by atoms with van der Waals surface area (Å²) >= 11 is 4.51. The summed E-state index contributed by atoms with van der Waals surface area (Å²) in [6.45, 7) is -0.670. The molecule has 0 fully saturated rings. The number of benzene rings is 1. The molecule has 1 aromatic heterocycles. The van der Waals surface area contributed by atoms with Gasteiger partial charge in [-0.15, -0.1) is 11.3 Å². The fraction of sp³-hybridized carbons (Fsp3) is 0.182. The Morgan fingerprint density at radius 1 is 1.50 bits per heavy atom. The third kappa shape index (κ3) is 2.62. The van der Waals surface area contributed by atoms with E-state index in [1.165, 1.54) is 11.3 Å². The van der Waals surface area contributed by atoms with Gasteiger partial charge in [-0.05, 0) is 12.1 Å². The maximum atomic E-state index is 12.0. The number of halogens is 3. The minimum atomic E-state index is -2.57. The SMILES string of the molecule is Nc1c(C(=O)NCC(F)F)sc2cc(Br)ccc12. The van der Waals surface area contributed by atoms with E-state index < -0.39 is 18.9 Å². The van der Waals surface area contributed by atoms with Crippen molar-refractivity contribution in [1.82, 2.24) is 5.32 Å². The smallest absolute Gasteiger partial charge is 0.263 e. The lowest BCUT2D eigenvalue weighted by Gasteiger charge is -2.02. The number of carbonyl (C=O) groups is 1. The molecule has 7 heteroatoms. The van der Waals surface area contributed by atoms with Crippen LogP contribution in [0.2, 0.25) is 0 Å². The van der Waals surface area contributed by atoms with Crippen molar-refractivity contribution in [2.45, 2.75) is 6.43 Å². The van der Waals surface area contributed by atoms with E-state index in [0.717, 1.165) is 14.6 Å². The second-order valence-electron chi connectivity index (χ2n) is 3.59. The topological polar surface area (TPSA) is 55.1 Å². The monoisotopic (exact) mass is 334 g/mol. The summed E-state index contributed by atoms with van der Waals surface area (Å²) in [6, 6.07) is 5.43. The van der Waals surface area contributed by atoms with E-state index in [1.54, 1.807) is 6.07 Å². The first-order chi connectivity index (χ1) is 8.49. The Labute approximate surface area is 114 Å². The van der Waals surface area contributed by atoms with Crippen LogP contribution in [0.1, 0.15) is 9.67 Å². The largest absolute Gasteiger partial charge is 0.397 e. The summed E-state index contributed by atoms with van der Waals surface area (Å²) in [6.07, 6.45) is -2.57. The number of fused-ring (bicyclic) bond motifs is 1. The number of hydrogen-bond acceptors (Lipinski definition) is 3. The van der Waals surface area contributed by atoms with Crippen LogP contribution in [0.3, 0.4) is 0 Å². The first-order valence-electron chi connectivity index (χ1n) is 5.03. The van der Waals surface area contributed by atoms with Crippen LogP contribution < -0.4 is 11.1 Å². The minimum absolute atomic E-state index is 0.267. The van der Waals surface area contributed by atoms with Crippen molar-refractivity contribution >= 4 is 48.9 Å². The number of amides is 1. The molecular weight excluding hydrogens is 326 g/mol. The van der Waals surface area contributed by atoms with E-state index in [-0.39, 0.29) is 4.88 Å². The van der Waals surface area contributed by atoms with E-state index in [1.807, 2.05) is 12.1 Å². The molecule has 3 nitrogen and oxygen atoms in total. The average Bonchev–Trinajstić information content (AvgIpc) is 2.63. The standard InChI is InChI=1S/C11H9BrF2N2OS/c12-5-1-2-6-7(3-5)18-10(9(6)15)11(17)16-4-8(13)14/h1-3,8H,4,15H2,(H,16,17). The summed E-state index contributed by atoms with van der Waals surface area (Å²) in [5.41, 5.74) is 6.17. The summed E-state index contributed by atoms with van der Waals surface area (Å²) in [5.74, 6) is -0.565. The van der Waals surface area contributed by atoms with Crippen molar-refractivity contribution in [3.8, 4) is 0 Å². The highest BCUT2D eigenvalue weighted by Gasteiger charge is 2.17. The molecule has 0 aliphatic rings. The Morgan fingerprint density at radius 2 is 2.22 bits per heavy atom. The first-order valence-corrected chi connectivity index (χ1v) is 6.64. The lowest BCUT2D eigenvalue weighted by atomic mass is 10.2. The molecule has 1 aromatic carbocycles. The number of rotatable bonds is 3. The van der Waals surface area contributed by atoms with Crippen molar-refractivity contribution in [2.75, 3.05) is 12.3 Å². The molecular formula is C11H9BrF2N2OS. The van der Waals surface area contributed by atoms with Crippen LogP contribution in [-0.2, 0) is 0 Å². The fourth-order valence-corrected chi connectivity index (χ4v) is 3.10. The zero-order valence-electron chi connectivity index (χ0n) is 9.04. The highest BCUT2D eigenvalue weighted by Crippen LogP contribution is 2.35. The van der Waals surface area contributed by atoms with Gasteiger partial charge in [0, 0.05) is 14.6 Å². The molecule has 0 bridgehead atoms. The second kappa shape index (κ2) is 5.19. The Bertz CT molecular complexity index is 600. The first kappa shape index (κ1) is 13.2. The van der Waals surface area contributed by atoms with Crippen LogP contribution in [-0.4, -0.2) is 18.9 Å². The van der Waals surface area contributed by atoms with Crippen molar-refractivity contribution in [3.05, 3.63) is 27.5 Å². The van der Waals surface area contributed by atoms with E-state index in [9.17, 15) is 13.6 Å². The molecule has 0 aliphatic carbocycles. The van der Waals surface area contributed by atoms with Crippen molar-refractivity contribution in [1.29, 1.82) is 0 Å². The quantitative estimate of drug-likeness (QED) is 0.905. The predicted octanol–water partition coefficient (Wildman–Crippen LogP) is 3.24. The third-order valence-electron chi connectivity index (χ3n) is 2.31. The van der Waals surface area contributed by atoms with Gasteiger partial charge in [0.25, 0.3) is 12.3 Å². The van der Waals surface area contributed by atoms with Gasteiger partial charge in [0.15, 0.2) is 0 Å². The van der Waals surface area contributed by atoms with Gasteiger partial charge < -0.3 is 11.1 Å². The third-order valence-corrected chi connectivity index (χ3v) is 3.97. The van der Waals surface area contributed by atoms with Crippen LogP contribution in [0.25, 0.3) is 10.1 Å². The van der Waals surface area contributed by atoms with Crippen LogP contribution in [0, 0.1) is 0 Å². The number of nitrogens with one attached hydrogen (secondary N) is 1. The van der Waals surface area contributed by atoms with Gasteiger partial charge in [-0.2, -0.15) is 0 Å². The highest BCUT2D eigenvalue weighted by atomic mass is 79.9. The Balaban J connectivity index is 2.33. The lowest BCUT2D eigenvalue weighted by Crippen LogP contribution is -2.28. The zero-order chi connectivity index (χ0) is 13.3. The summed E-state index contributed by atoms with van der Waals surface area (Å²) < 4.78 is 25.7. The fourth-order valence-electron chi connectivity index (χ4n) is 1.51. The van der Waals surface area contributed by atoms with Crippen molar-refractivity contribution in [2.24, 2.45) is 0 Å². The predicted molar refractivity (Wildman–Crippen MR) is 72.3 cm³/mol. The molecule has 1 heterocycles. The van der Waals surface area contributed by atoms with Crippen molar-refractivity contribution in [3.63, 3.8) is 0 Å². The number of nitrogen functional groups attached to an aromatic ring is 1. The van der Waals surface area contributed by atoms with Crippen molar-refractivity contribution < 1.29 is 13.6 Å². The normalized spacial score (nSPS) is 11.1. The van der Waals surface area contributed by atoms with Gasteiger partial charge >= 0.3 is 0 Å². The molecule has 0 unspecified atom stereocenters. The van der Waals surface area contributed by atoms with Crippen LogP contribution in [0.5, 0.6) is 0 Å². The number of hydrogen-bond donors (Lipinski definition) is 2. The Kier molecular flexibility index (Phi) is 3.82. The summed E-state index contributed by atoms with van der Waals surface area (Å²) in [7, 11) is 0. The molecule has 0 atom stereocenters. The van der Waals surface area contributed by atoms with E-state index in [0.29, 0.717) is 5.69 Å². The Hall–Kier alpha value is -1.21. The summed E-state index contributed by atoms with van der Waals surface area (Å²) in [5, 5.41) is 2.90. The molecule has 0 radical (unpaired) electrons. The molecule has 2 rings (SSSR count). The molecule has 96 valence electrons. The van der Waals surface area contributed by atoms with Crippen LogP contribution in [0.4, 0.5) is 14.5 Å². The van der Waals surface area contributed by atoms with Gasteiger partial charge in [0.05, 0.1) is 12.2 Å². The van der Waals surface area contributed by atoms with E-state index >= 15 is 0 Å². The van der Waals surface area contributed by atoms with E-state index in [4.69, 9.17) is 5.73 Å². The molecule has 0 saturated heterocycles. The molecule has 3 N–H and O–H groups in total. The zero-order valence-corrected chi connectivity index (χ0v) is 11.4. The average molecular weight is 335 g/mol.